The third-order valence-electron chi connectivity index (χ3n) is 3.34. The number of halogens is 3. The highest BCUT2D eigenvalue weighted by Crippen LogP contribution is 2.22. The average molecular weight is 324 g/mol. The van der Waals surface area contributed by atoms with Crippen molar-refractivity contribution in [1.29, 1.82) is 0 Å². The third-order valence-corrected chi connectivity index (χ3v) is 5.22. The summed E-state index contributed by atoms with van der Waals surface area (Å²) in [5, 5.41) is 8.82. The summed E-state index contributed by atoms with van der Waals surface area (Å²) in [7, 11) is -4.06. The van der Waals surface area contributed by atoms with Crippen LogP contribution in [0.4, 0.5) is 13.2 Å². The second-order valence-electron chi connectivity index (χ2n) is 4.67. The highest BCUT2D eigenvalue weighted by atomic mass is 32.2. The molecule has 1 saturated heterocycles. The Hall–Kier alpha value is -1.16. The Morgan fingerprint density at radius 2 is 1.57 bits per heavy atom. The molecule has 1 fully saturated rings. The number of benzene rings is 1. The van der Waals surface area contributed by atoms with E-state index in [1.54, 1.807) is 0 Å². The summed E-state index contributed by atoms with van der Waals surface area (Å²) in [6.45, 7) is 1.51. The SMILES string of the molecule is O=S(=O)(c1cc(F)c(F)c(F)c1)N1CCN(CCO)CC1. The number of hydrogen-bond donors (Lipinski definition) is 1. The Kier molecular flexibility index (Phi) is 4.87. The van der Waals surface area contributed by atoms with Crippen LogP contribution in [0.1, 0.15) is 0 Å². The smallest absolute Gasteiger partial charge is 0.243 e. The molecule has 1 heterocycles. The zero-order valence-electron chi connectivity index (χ0n) is 11.1. The van der Waals surface area contributed by atoms with E-state index in [2.05, 4.69) is 0 Å². The van der Waals surface area contributed by atoms with Crippen molar-refractivity contribution in [3.05, 3.63) is 29.6 Å². The lowest BCUT2D eigenvalue weighted by Crippen LogP contribution is -2.49. The monoisotopic (exact) mass is 324 g/mol. The molecule has 0 aliphatic carbocycles. The van der Waals surface area contributed by atoms with Crippen LogP contribution >= 0.6 is 0 Å². The van der Waals surface area contributed by atoms with E-state index in [0.717, 1.165) is 4.31 Å². The molecular weight excluding hydrogens is 309 g/mol. The number of aliphatic hydroxyl groups is 1. The van der Waals surface area contributed by atoms with Gasteiger partial charge in [0.15, 0.2) is 17.5 Å². The minimum Gasteiger partial charge on any atom is -0.395 e. The summed E-state index contributed by atoms with van der Waals surface area (Å²) in [6.07, 6.45) is 0. The first-order chi connectivity index (χ1) is 9.86. The van der Waals surface area contributed by atoms with Crippen molar-refractivity contribution in [2.45, 2.75) is 4.90 Å². The number of sulfonamides is 1. The fraction of sp³-hybridized carbons (Fsp3) is 0.500. The van der Waals surface area contributed by atoms with Crippen LogP contribution < -0.4 is 0 Å². The average Bonchev–Trinajstić information content (AvgIpc) is 2.45. The zero-order chi connectivity index (χ0) is 15.6. The van der Waals surface area contributed by atoms with E-state index in [1.807, 2.05) is 4.90 Å². The van der Waals surface area contributed by atoms with Crippen molar-refractivity contribution >= 4 is 10.0 Å². The van der Waals surface area contributed by atoms with Crippen LogP contribution in [0.3, 0.4) is 0 Å². The van der Waals surface area contributed by atoms with Gasteiger partial charge in [0, 0.05) is 32.7 Å². The van der Waals surface area contributed by atoms with Crippen LogP contribution in [-0.2, 0) is 10.0 Å². The van der Waals surface area contributed by atoms with E-state index in [1.165, 1.54) is 0 Å². The Morgan fingerprint density at radius 1 is 1.05 bits per heavy atom. The molecule has 0 aromatic heterocycles. The maximum atomic E-state index is 13.2. The second-order valence-corrected chi connectivity index (χ2v) is 6.61. The maximum Gasteiger partial charge on any atom is 0.243 e. The standard InChI is InChI=1S/C12H15F3N2O3S/c13-10-7-9(8-11(14)12(10)15)21(19,20)17-3-1-16(2-4-17)5-6-18/h7-8,18H,1-6H2. The number of nitrogens with zero attached hydrogens (tertiary/aromatic N) is 2. The van der Waals surface area contributed by atoms with E-state index < -0.39 is 32.4 Å². The van der Waals surface area contributed by atoms with Crippen LogP contribution in [0.25, 0.3) is 0 Å². The lowest BCUT2D eigenvalue weighted by molar-refractivity contribution is 0.151. The van der Waals surface area contributed by atoms with E-state index in [0.29, 0.717) is 31.8 Å². The molecule has 0 saturated carbocycles. The van der Waals surface area contributed by atoms with Crippen molar-refractivity contribution in [3.8, 4) is 0 Å². The van der Waals surface area contributed by atoms with Crippen LogP contribution in [-0.4, -0.2) is 62.1 Å². The molecule has 5 nitrogen and oxygen atoms in total. The molecule has 118 valence electrons. The van der Waals surface area contributed by atoms with Crippen LogP contribution in [0.15, 0.2) is 17.0 Å². The Balaban J connectivity index is 2.20. The number of rotatable bonds is 4. The van der Waals surface area contributed by atoms with Gasteiger partial charge in [0.25, 0.3) is 0 Å². The van der Waals surface area contributed by atoms with Gasteiger partial charge in [0.1, 0.15) is 0 Å². The molecule has 2 rings (SSSR count). The summed E-state index contributed by atoms with van der Waals surface area (Å²) in [5.74, 6) is -4.76. The van der Waals surface area contributed by atoms with Crippen molar-refractivity contribution in [2.75, 3.05) is 39.3 Å². The minimum absolute atomic E-state index is 0.0267. The molecule has 0 atom stereocenters. The molecular formula is C12H15F3N2O3S. The van der Waals surface area contributed by atoms with E-state index in [9.17, 15) is 21.6 Å². The van der Waals surface area contributed by atoms with E-state index >= 15 is 0 Å². The van der Waals surface area contributed by atoms with Gasteiger partial charge in [-0.2, -0.15) is 4.31 Å². The van der Waals surface area contributed by atoms with Crippen molar-refractivity contribution in [3.63, 3.8) is 0 Å². The molecule has 9 heteroatoms. The summed E-state index contributed by atoms with van der Waals surface area (Å²) < 4.78 is 64.9. The number of aliphatic hydroxyl groups excluding tert-OH is 1. The Morgan fingerprint density at radius 3 is 2.05 bits per heavy atom. The predicted molar refractivity (Wildman–Crippen MR) is 68.6 cm³/mol. The topological polar surface area (TPSA) is 60.9 Å². The van der Waals surface area contributed by atoms with Gasteiger partial charge in [0.2, 0.25) is 10.0 Å². The first-order valence-corrected chi connectivity index (χ1v) is 7.78. The zero-order valence-corrected chi connectivity index (χ0v) is 11.9. The normalized spacial score (nSPS) is 18.1. The molecule has 0 bridgehead atoms. The highest BCUT2D eigenvalue weighted by molar-refractivity contribution is 7.89. The molecule has 21 heavy (non-hydrogen) atoms. The molecule has 1 aromatic carbocycles. The fourth-order valence-electron chi connectivity index (χ4n) is 2.17. The number of piperazine rings is 1. The van der Waals surface area contributed by atoms with Gasteiger partial charge in [-0.3, -0.25) is 4.90 Å². The largest absolute Gasteiger partial charge is 0.395 e. The van der Waals surface area contributed by atoms with Gasteiger partial charge in [-0.1, -0.05) is 0 Å². The van der Waals surface area contributed by atoms with Crippen molar-refractivity contribution < 1.29 is 26.7 Å². The quantitative estimate of drug-likeness (QED) is 0.815. The van der Waals surface area contributed by atoms with Gasteiger partial charge < -0.3 is 5.11 Å². The first-order valence-electron chi connectivity index (χ1n) is 6.34. The maximum absolute atomic E-state index is 13.2. The van der Waals surface area contributed by atoms with Gasteiger partial charge in [-0.05, 0) is 12.1 Å². The predicted octanol–water partition coefficient (Wildman–Crippen LogP) is 0.403. The highest BCUT2D eigenvalue weighted by Gasteiger charge is 2.30. The van der Waals surface area contributed by atoms with Gasteiger partial charge in [-0.15, -0.1) is 0 Å². The van der Waals surface area contributed by atoms with Gasteiger partial charge in [-0.25, -0.2) is 21.6 Å². The Bertz CT molecular complexity index is 593. The van der Waals surface area contributed by atoms with Crippen molar-refractivity contribution in [1.82, 2.24) is 9.21 Å². The van der Waals surface area contributed by atoms with Crippen LogP contribution in [0, 0.1) is 17.5 Å². The van der Waals surface area contributed by atoms with Crippen LogP contribution in [0.5, 0.6) is 0 Å². The van der Waals surface area contributed by atoms with Gasteiger partial charge >= 0.3 is 0 Å². The number of hydrogen-bond acceptors (Lipinski definition) is 4. The Labute approximate surface area is 120 Å². The molecule has 1 aliphatic heterocycles. The molecule has 0 amide bonds. The summed E-state index contributed by atoms with van der Waals surface area (Å²) in [4.78, 5) is 1.27. The molecule has 1 N–H and O–H groups in total. The number of β-amino-alcohol motifs (C(OH)–C–C–N with tert-alkyl or cyclic N) is 1. The van der Waals surface area contributed by atoms with E-state index in [-0.39, 0.29) is 19.7 Å². The fourth-order valence-corrected chi connectivity index (χ4v) is 3.61. The van der Waals surface area contributed by atoms with Crippen LogP contribution in [0.2, 0.25) is 0 Å². The molecule has 0 spiro atoms. The minimum atomic E-state index is -4.06. The lowest BCUT2D eigenvalue weighted by atomic mass is 10.3. The second kappa shape index (κ2) is 6.30. The molecule has 0 unspecified atom stereocenters. The summed E-state index contributed by atoms with van der Waals surface area (Å²) in [5.41, 5.74) is 0. The van der Waals surface area contributed by atoms with Gasteiger partial charge in [0.05, 0.1) is 11.5 Å². The lowest BCUT2D eigenvalue weighted by Gasteiger charge is -2.33. The van der Waals surface area contributed by atoms with E-state index in [4.69, 9.17) is 5.11 Å². The summed E-state index contributed by atoms with van der Waals surface area (Å²) in [6, 6.07) is 0.960. The molecule has 0 radical (unpaired) electrons. The third kappa shape index (κ3) is 3.37. The summed E-state index contributed by atoms with van der Waals surface area (Å²) >= 11 is 0. The molecule has 1 aliphatic rings. The molecule has 1 aromatic rings. The van der Waals surface area contributed by atoms with Crippen molar-refractivity contribution in [2.24, 2.45) is 0 Å². The first kappa shape index (κ1) is 16.2.